The third-order valence-electron chi connectivity index (χ3n) is 5.85. The number of nitrogens with one attached hydrogen (secondary N) is 2. The molecule has 0 spiro atoms. The summed E-state index contributed by atoms with van der Waals surface area (Å²) in [4.78, 5) is 25.4. The molecule has 1 aromatic heterocycles. The number of carbonyl (C=O) groups excluding carboxylic acids is 2. The molecule has 0 saturated carbocycles. The van der Waals surface area contributed by atoms with Gasteiger partial charge in [0.1, 0.15) is 23.6 Å². The van der Waals surface area contributed by atoms with Crippen molar-refractivity contribution in [1.82, 2.24) is 5.01 Å². The van der Waals surface area contributed by atoms with Gasteiger partial charge in [-0.3, -0.25) is 9.59 Å². The van der Waals surface area contributed by atoms with Crippen LogP contribution in [-0.4, -0.2) is 34.7 Å². The maximum atomic E-state index is 13.5. The lowest BCUT2D eigenvalue weighted by Crippen LogP contribution is -2.39. The quantitative estimate of drug-likeness (QED) is 0.547. The first-order chi connectivity index (χ1) is 16.4. The molecule has 0 radical (unpaired) electrons. The van der Waals surface area contributed by atoms with Gasteiger partial charge in [-0.05, 0) is 61.9 Å². The minimum atomic E-state index is -0.594. The summed E-state index contributed by atoms with van der Waals surface area (Å²) in [7, 11) is 0. The Bertz CT molecular complexity index is 1260. The summed E-state index contributed by atoms with van der Waals surface area (Å²) in [5, 5.41) is 12.8. The number of benzene rings is 2. The second-order valence-electron chi connectivity index (χ2n) is 8.30. The summed E-state index contributed by atoms with van der Waals surface area (Å²) in [6, 6.07) is 15.4. The number of amides is 2. The Morgan fingerprint density at radius 1 is 1.24 bits per heavy atom. The van der Waals surface area contributed by atoms with Gasteiger partial charge in [0.25, 0.3) is 11.8 Å². The molecule has 3 heterocycles. The minimum Gasteiger partial charge on any atom is -0.479 e. The molecule has 2 N–H and O–H groups in total. The Hall–Kier alpha value is -3.78. The van der Waals surface area contributed by atoms with Crippen LogP contribution in [-0.2, 0) is 9.59 Å². The molecule has 3 aromatic rings. The Kier molecular flexibility index (Phi) is 5.75. The highest BCUT2D eigenvalue weighted by atomic mass is 35.5. The van der Waals surface area contributed by atoms with Crippen molar-refractivity contribution in [3.8, 4) is 5.75 Å². The van der Waals surface area contributed by atoms with Crippen molar-refractivity contribution in [3.05, 3.63) is 77.2 Å². The summed E-state index contributed by atoms with van der Waals surface area (Å²) in [5.41, 5.74) is 2.91. The first-order valence-corrected chi connectivity index (χ1v) is 11.3. The van der Waals surface area contributed by atoms with Gasteiger partial charge >= 0.3 is 0 Å². The van der Waals surface area contributed by atoms with Gasteiger partial charge in [-0.1, -0.05) is 23.7 Å². The number of ether oxygens (including phenoxy) is 1. The molecule has 0 saturated heterocycles. The van der Waals surface area contributed by atoms with Gasteiger partial charge in [-0.2, -0.15) is 5.10 Å². The zero-order valence-electron chi connectivity index (χ0n) is 18.6. The maximum absolute atomic E-state index is 13.5. The van der Waals surface area contributed by atoms with E-state index in [1.54, 1.807) is 50.4 Å². The normalized spacial score (nSPS) is 20.1. The number of fused-ring (bicyclic) bond motifs is 1. The number of halogens is 1. The monoisotopic (exact) mass is 478 g/mol. The number of hydrogen-bond donors (Lipinski definition) is 2. The van der Waals surface area contributed by atoms with Gasteiger partial charge in [0.05, 0.1) is 17.7 Å². The van der Waals surface area contributed by atoms with E-state index in [0.717, 1.165) is 11.3 Å². The zero-order chi connectivity index (χ0) is 23.8. The van der Waals surface area contributed by atoms with E-state index in [0.29, 0.717) is 34.3 Å². The average molecular weight is 479 g/mol. The number of furan rings is 1. The molecule has 2 aromatic carbocycles. The Balaban J connectivity index is 1.37. The molecule has 8 nitrogen and oxygen atoms in total. The van der Waals surface area contributed by atoms with Crippen molar-refractivity contribution in [2.24, 2.45) is 5.10 Å². The van der Waals surface area contributed by atoms with Crippen LogP contribution >= 0.6 is 11.6 Å². The van der Waals surface area contributed by atoms with Crippen molar-refractivity contribution >= 4 is 40.5 Å². The molecule has 9 heteroatoms. The van der Waals surface area contributed by atoms with Crippen molar-refractivity contribution in [2.45, 2.75) is 38.5 Å². The van der Waals surface area contributed by atoms with Gasteiger partial charge in [0, 0.05) is 17.1 Å². The molecule has 2 aliphatic rings. The van der Waals surface area contributed by atoms with Gasteiger partial charge < -0.3 is 19.8 Å². The molecule has 0 bridgehead atoms. The van der Waals surface area contributed by atoms with Gasteiger partial charge in [-0.25, -0.2) is 5.01 Å². The van der Waals surface area contributed by atoms with E-state index in [9.17, 15) is 9.59 Å². The molecule has 34 heavy (non-hydrogen) atoms. The smallest absolute Gasteiger partial charge is 0.265 e. The van der Waals surface area contributed by atoms with Crippen molar-refractivity contribution in [2.75, 3.05) is 10.6 Å². The molecule has 2 amide bonds. The number of rotatable bonds is 5. The lowest BCUT2D eigenvalue weighted by atomic mass is 10.0. The predicted molar refractivity (Wildman–Crippen MR) is 129 cm³/mol. The third-order valence-corrected chi connectivity index (χ3v) is 6.10. The number of nitrogens with zero attached hydrogens (tertiary/aromatic N) is 2. The predicted octanol–water partition coefficient (Wildman–Crippen LogP) is 4.83. The molecular weight excluding hydrogens is 456 g/mol. The van der Waals surface area contributed by atoms with Crippen LogP contribution in [0.4, 0.5) is 11.4 Å². The molecule has 2 aliphatic heterocycles. The first kappa shape index (κ1) is 22.0. The number of carbonyl (C=O) groups is 2. The van der Waals surface area contributed by atoms with Crippen LogP contribution in [0.3, 0.4) is 0 Å². The van der Waals surface area contributed by atoms with E-state index in [1.807, 2.05) is 24.3 Å². The van der Waals surface area contributed by atoms with E-state index in [2.05, 4.69) is 15.7 Å². The fraction of sp³-hybridized carbons (Fsp3) is 0.240. The Morgan fingerprint density at radius 2 is 2.03 bits per heavy atom. The minimum absolute atomic E-state index is 0.211. The largest absolute Gasteiger partial charge is 0.479 e. The average Bonchev–Trinajstić information content (AvgIpc) is 3.50. The fourth-order valence-corrected chi connectivity index (χ4v) is 4.17. The highest BCUT2D eigenvalue weighted by Crippen LogP contribution is 2.35. The van der Waals surface area contributed by atoms with Crippen LogP contribution in [0.1, 0.15) is 37.6 Å². The topological polar surface area (TPSA) is 96.2 Å². The van der Waals surface area contributed by atoms with Gasteiger partial charge in [-0.15, -0.1) is 0 Å². The van der Waals surface area contributed by atoms with Crippen molar-refractivity contribution < 1.29 is 18.7 Å². The molecule has 0 aliphatic carbocycles. The number of anilines is 2. The standard InChI is InChI=1S/C25H23ClN4O4/c1-14(27-18-9-10-22-20(12-18)28-24(31)15(2)34-22)25(32)30-21(23-4-3-11-33-23)13-19(29-30)16-5-7-17(26)8-6-16/h3-12,14-15,21,27H,13H2,1-2H3,(H,28,31). The summed E-state index contributed by atoms with van der Waals surface area (Å²) in [6.45, 7) is 3.46. The first-order valence-electron chi connectivity index (χ1n) is 11.0. The van der Waals surface area contributed by atoms with Crippen LogP contribution in [0.25, 0.3) is 0 Å². The molecule has 0 fully saturated rings. The molecule has 5 rings (SSSR count). The van der Waals surface area contributed by atoms with E-state index in [-0.39, 0.29) is 17.9 Å². The van der Waals surface area contributed by atoms with Gasteiger partial charge in [0.2, 0.25) is 0 Å². The summed E-state index contributed by atoms with van der Waals surface area (Å²) < 4.78 is 11.2. The zero-order valence-corrected chi connectivity index (χ0v) is 19.4. The van der Waals surface area contributed by atoms with Crippen LogP contribution < -0.4 is 15.4 Å². The van der Waals surface area contributed by atoms with Gasteiger partial charge in [0.15, 0.2) is 6.10 Å². The summed E-state index contributed by atoms with van der Waals surface area (Å²) in [6.07, 6.45) is 1.56. The fourth-order valence-electron chi connectivity index (χ4n) is 4.04. The van der Waals surface area contributed by atoms with E-state index >= 15 is 0 Å². The second kappa shape index (κ2) is 8.87. The summed E-state index contributed by atoms with van der Waals surface area (Å²) >= 11 is 6.03. The SMILES string of the molecule is CC(Nc1ccc2c(c1)NC(=O)C(C)O2)C(=O)N1N=C(c2ccc(Cl)cc2)CC1c1ccco1. The molecule has 3 unspecified atom stereocenters. The van der Waals surface area contributed by atoms with E-state index in [4.69, 9.17) is 20.8 Å². The molecular formula is C25H23ClN4O4. The number of hydrazone groups is 1. The summed E-state index contributed by atoms with van der Waals surface area (Å²) in [5.74, 6) is 0.829. The lowest BCUT2D eigenvalue weighted by molar-refractivity contribution is -0.133. The number of hydrogen-bond acceptors (Lipinski definition) is 6. The lowest BCUT2D eigenvalue weighted by Gasteiger charge is -2.26. The van der Waals surface area contributed by atoms with Crippen LogP contribution in [0.15, 0.2) is 70.4 Å². The van der Waals surface area contributed by atoms with Crippen molar-refractivity contribution in [1.29, 1.82) is 0 Å². The molecule has 3 atom stereocenters. The highest BCUT2D eigenvalue weighted by molar-refractivity contribution is 6.30. The van der Waals surface area contributed by atoms with E-state index in [1.165, 1.54) is 5.01 Å². The molecule has 174 valence electrons. The second-order valence-corrected chi connectivity index (χ2v) is 8.73. The van der Waals surface area contributed by atoms with Crippen LogP contribution in [0, 0.1) is 0 Å². The van der Waals surface area contributed by atoms with Crippen LogP contribution in [0.5, 0.6) is 5.75 Å². The van der Waals surface area contributed by atoms with Crippen LogP contribution in [0.2, 0.25) is 5.02 Å². The van der Waals surface area contributed by atoms with E-state index < -0.39 is 12.1 Å². The van der Waals surface area contributed by atoms with Crippen molar-refractivity contribution in [3.63, 3.8) is 0 Å². The third kappa shape index (κ3) is 4.24. The Labute approximate surface area is 201 Å². The Morgan fingerprint density at radius 3 is 2.76 bits per heavy atom. The maximum Gasteiger partial charge on any atom is 0.265 e. The highest BCUT2D eigenvalue weighted by Gasteiger charge is 2.37.